The van der Waals surface area contributed by atoms with E-state index in [1.54, 1.807) is 6.08 Å². The Morgan fingerprint density at radius 3 is 1.42 bits per heavy atom. The zero-order valence-corrected chi connectivity index (χ0v) is 28.6. The molecule has 2 atom stereocenters. The topological polar surface area (TPSA) is 69.6 Å². The largest absolute Gasteiger partial charge is 0.394 e. The minimum absolute atomic E-state index is 0.120. The van der Waals surface area contributed by atoms with Crippen LogP contribution in [0.1, 0.15) is 123 Å². The first-order chi connectivity index (χ1) is 22.2. The normalized spacial score (nSPS) is 14.5. The molecule has 4 heteroatoms. The van der Waals surface area contributed by atoms with Crippen LogP contribution >= 0.6 is 0 Å². The molecule has 45 heavy (non-hydrogen) atoms. The predicted octanol–water partition coefficient (Wildman–Crippen LogP) is 10.5. The summed E-state index contributed by atoms with van der Waals surface area (Å²) in [5, 5.41) is 22.6. The number of nitrogens with one attached hydrogen (secondary N) is 1. The number of carbonyl (C=O) groups is 1. The highest BCUT2D eigenvalue weighted by Gasteiger charge is 2.17. The van der Waals surface area contributed by atoms with Crippen LogP contribution in [0.3, 0.4) is 0 Å². The minimum Gasteiger partial charge on any atom is -0.394 e. The van der Waals surface area contributed by atoms with E-state index in [1.807, 2.05) is 6.08 Å². The first kappa shape index (κ1) is 42.0. The molecule has 0 rings (SSSR count). The second-order valence-corrected chi connectivity index (χ2v) is 11.2. The Morgan fingerprint density at radius 2 is 0.978 bits per heavy atom. The maximum atomic E-state index is 12.2. The summed E-state index contributed by atoms with van der Waals surface area (Å²) in [7, 11) is 0. The Balaban J connectivity index is 3.78. The highest BCUT2D eigenvalue weighted by atomic mass is 16.3. The summed E-state index contributed by atoms with van der Waals surface area (Å²) in [4.78, 5) is 12.2. The number of allylic oxidation sites excluding steroid dienone is 17. The molecule has 0 saturated heterocycles. The Kier molecular flexibility index (Phi) is 33.2. The fourth-order valence-electron chi connectivity index (χ4n) is 4.31. The molecule has 2 unspecified atom stereocenters. The molecule has 0 aromatic rings. The maximum absolute atomic E-state index is 12.2. The van der Waals surface area contributed by atoms with E-state index in [9.17, 15) is 15.0 Å². The van der Waals surface area contributed by atoms with Crippen molar-refractivity contribution in [2.75, 3.05) is 6.61 Å². The Labute approximate surface area is 276 Å². The second-order valence-electron chi connectivity index (χ2n) is 11.2. The molecule has 0 radical (unpaired) electrons. The van der Waals surface area contributed by atoms with Crippen LogP contribution in [-0.2, 0) is 4.79 Å². The molecule has 0 aliphatic carbocycles. The highest BCUT2D eigenvalue weighted by molar-refractivity contribution is 5.76. The third-order valence-corrected chi connectivity index (χ3v) is 7.01. The quantitative estimate of drug-likeness (QED) is 0.0576. The molecule has 0 aromatic heterocycles. The first-order valence-corrected chi connectivity index (χ1v) is 17.6. The molecule has 1 amide bonds. The zero-order valence-electron chi connectivity index (χ0n) is 28.6. The minimum atomic E-state index is -0.861. The molecule has 252 valence electrons. The molecule has 0 spiro atoms. The first-order valence-electron chi connectivity index (χ1n) is 17.6. The van der Waals surface area contributed by atoms with Gasteiger partial charge < -0.3 is 15.5 Å². The van der Waals surface area contributed by atoms with Crippen LogP contribution in [0.5, 0.6) is 0 Å². The van der Waals surface area contributed by atoms with Crippen molar-refractivity contribution < 1.29 is 15.0 Å². The number of unbranched alkanes of at least 4 members (excludes halogenated alkanes) is 6. The third-order valence-electron chi connectivity index (χ3n) is 7.01. The van der Waals surface area contributed by atoms with Crippen LogP contribution in [0.15, 0.2) is 109 Å². The number of carbonyl (C=O) groups excluding carboxylic acids is 1. The van der Waals surface area contributed by atoms with Gasteiger partial charge >= 0.3 is 0 Å². The summed E-state index contributed by atoms with van der Waals surface area (Å²) < 4.78 is 0. The van der Waals surface area contributed by atoms with Crippen molar-refractivity contribution in [3.05, 3.63) is 109 Å². The van der Waals surface area contributed by atoms with E-state index in [-0.39, 0.29) is 12.5 Å². The van der Waals surface area contributed by atoms with E-state index >= 15 is 0 Å². The van der Waals surface area contributed by atoms with Crippen LogP contribution in [0.2, 0.25) is 0 Å². The van der Waals surface area contributed by atoms with Crippen molar-refractivity contribution >= 4 is 5.91 Å². The second kappa shape index (κ2) is 35.5. The van der Waals surface area contributed by atoms with Crippen molar-refractivity contribution in [2.24, 2.45) is 0 Å². The van der Waals surface area contributed by atoms with E-state index in [0.717, 1.165) is 83.5 Å². The fourth-order valence-corrected chi connectivity index (χ4v) is 4.31. The van der Waals surface area contributed by atoms with E-state index in [2.05, 4.69) is 116 Å². The van der Waals surface area contributed by atoms with E-state index in [1.165, 1.54) is 19.3 Å². The Hall–Kier alpha value is -2.95. The van der Waals surface area contributed by atoms with Crippen LogP contribution in [0.25, 0.3) is 0 Å². The lowest BCUT2D eigenvalue weighted by Gasteiger charge is -2.19. The molecule has 0 saturated carbocycles. The standard InChI is InChI=1S/C41H65NO3/c1-3-5-7-9-11-12-13-14-15-16-17-18-19-20-21-22-23-24-25-26-27-28-29-30-31-33-35-37-41(45)42-39(38-43)40(44)36-34-32-10-8-6-4-2/h5,7,11-12,14-15,17-18,20-21,23-24,26-27,29-30,34,36,39-40,43-44H,3-4,6,8-10,13,16,19,22,25,28,31-33,35,37-38H2,1-2H3,(H,42,45)/b7-5-,12-11-,15-14-,18-17-,21-20-,24-23-,27-26-,30-29-,36-34+. The average Bonchev–Trinajstić information content (AvgIpc) is 3.04. The van der Waals surface area contributed by atoms with Crippen molar-refractivity contribution in [3.63, 3.8) is 0 Å². The predicted molar refractivity (Wildman–Crippen MR) is 197 cm³/mol. The average molecular weight is 620 g/mol. The van der Waals surface area contributed by atoms with Gasteiger partial charge in [-0.05, 0) is 83.5 Å². The SMILES string of the molecule is CC/C=C\C/C=C\C/C=C\C/C=C\C/C=C\C/C=C\C/C=C\C/C=C\CCCCC(=O)NC(CO)C(O)/C=C/CCCCCC. The molecular formula is C41H65NO3. The van der Waals surface area contributed by atoms with Crippen LogP contribution in [-0.4, -0.2) is 34.9 Å². The lowest BCUT2D eigenvalue weighted by molar-refractivity contribution is -0.123. The van der Waals surface area contributed by atoms with Crippen molar-refractivity contribution in [3.8, 4) is 0 Å². The number of rotatable bonds is 29. The Morgan fingerprint density at radius 1 is 0.556 bits per heavy atom. The van der Waals surface area contributed by atoms with Gasteiger partial charge in [0.1, 0.15) is 0 Å². The van der Waals surface area contributed by atoms with Gasteiger partial charge in [0, 0.05) is 6.42 Å². The monoisotopic (exact) mass is 619 g/mol. The van der Waals surface area contributed by atoms with Gasteiger partial charge in [-0.25, -0.2) is 0 Å². The Bertz CT molecular complexity index is 932. The van der Waals surface area contributed by atoms with Gasteiger partial charge in [-0.2, -0.15) is 0 Å². The van der Waals surface area contributed by atoms with Gasteiger partial charge in [0.15, 0.2) is 0 Å². The number of amides is 1. The maximum Gasteiger partial charge on any atom is 0.220 e. The summed E-state index contributed by atoms with van der Waals surface area (Å²) in [5.74, 6) is -0.120. The van der Waals surface area contributed by atoms with Crippen LogP contribution in [0.4, 0.5) is 0 Å². The zero-order chi connectivity index (χ0) is 32.9. The van der Waals surface area contributed by atoms with Gasteiger partial charge in [0.25, 0.3) is 0 Å². The molecule has 0 aromatic carbocycles. The molecule has 0 heterocycles. The molecule has 4 nitrogen and oxygen atoms in total. The van der Waals surface area contributed by atoms with E-state index in [4.69, 9.17) is 0 Å². The molecule has 0 aliphatic heterocycles. The van der Waals surface area contributed by atoms with Crippen molar-refractivity contribution in [1.29, 1.82) is 0 Å². The van der Waals surface area contributed by atoms with Gasteiger partial charge in [0.2, 0.25) is 5.91 Å². The van der Waals surface area contributed by atoms with Gasteiger partial charge in [-0.3, -0.25) is 4.79 Å². The summed E-state index contributed by atoms with van der Waals surface area (Å²) in [5.41, 5.74) is 0. The lowest BCUT2D eigenvalue weighted by atomic mass is 10.1. The van der Waals surface area contributed by atoms with Crippen LogP contribution < -0.4 is 5.32 Å². The summed E-state index contributed by atoms with van der Waals surface area (Å²) in [6.45, 7) is 4.06. The summed E-state index contributed by atoms with van der Waals surface area (Å²) in [6, 6.07) is -0.649. The van der Waals surface area contributed by atoms with Gasteiger partial charge in [0.05, 0.1) is 18.8 Å². The fraction of sp³-hybridized carbons (Fsp3) is 0.537. The molecule has 3 N–H and O–H groups in total. The smallest absolute Gasteiger partial charge is 0.220 e. The van der Waals surface area contributed by atoms with Gasteiger partial charge in [-0.15, -0.1) is 0 Å². The lowest BCUT2D eigenvalue weighted by Crippen LogP contribution is -2.45. The summed E-state index contributed by atoms with van der Waals surface area (Å²) >= 11 is 0. The van der Waals surface area contributed by atoms with Crippen molar-refractivity contribution in [2.45, 2.75) is 135 Å². The molecule has 0 aliphatic rings. The molecular weight excluding hydrogens is 554 g/mol. The number of aliphatic hydroxyl groups excluding tert-OH is 2. The van der Waals surface area contributed by atoms with Crippen molar-refractivity contribution in [1.82, 2.24) is 5.32 Å². The van der Waals surface area contributed by atoms with E-state index in [0.29, 0.717) is 6.42 Å². The third kappa shape index (κ3) is 32.3. The van der Waals surface area contributed by atoms with Crippen LogP contribution in [0, 0.1) is 0 Å². The summed E-state index contributed by atoms with van der Waals surface area (Å²) in [6.07, 6.45) is 54.8. The van der Waals surface area contributed by atoms with E-state index < -0.39 is 12.1 Å². The molecule has 0 fully saturated rings. The van der Waals surface area contributed by atoms with Gasteiger partial charge in [-0.1, -0.05) is 142 Å². The molecule has 0 bridgehead atoms. The number of hydrogen-bond acceptors (Lipinski definition) is 3. The highest BCUT2D eigenvalue weighted by Crippen LogP contribution is 2.06. The number of hydrogen-bond donors (Lipinski definition) is 3. The number of aliphatic hydroxyl groups is 2.